The second-order valence-electron chi connectivity index (χ2n) is 10.4. The van der Waals surface area contributed by atoms with Gasteiger partial charge in [0.15, 0.2) is 5.82 Å². The van der Waals surface area contributed by atoms with Gasteiger partial charge in [-0.25, -0.2) is 9.37 Å². The predicted molar refractivity (Wildman–Crippen MR) is 138 cm³/mol. The molecule has 2 aromatic heterocycles. The fraction of sp³-hybridized carbons (Fsp3) is 0.607. The van der Waals surface area contributed by atoms with Gasteiger partial charge in [-0.15, -0.1) is 0 Å². The molecule has 0 aromatic carbocycles. The van der Waals surface area contributed by atoms with E-state index in [9.17, 15) is 9.65 Å². The summed E-state index contributed by atoms with van der Waals surface area (Å²) in [5, 5.41) is 16.7. The molecule has 8 heteroatoms. The van der Waals surface area contributed by atoms with Gasteiger partial charge in [0, 0.05) is 50.2 Å². The van der Waals surface area contributed by atoms with Crippen LogP contribution in [0.3, 0.4) is 0 Å². The van der Waals surface area contributed by atoms with Crippen LogP contribution in [0.25, 0.3) is 11.3 Å². The molecule has 194 valence electrons. The lowest BCUT2D eigenvalue weighted by atomic mass is 9.82. The van der Waals surface area contributed by atoms with Crippen LogP contribution >= 0.6 is 0 Å². The largest absolute Gasteiger partial charge is 0.383 e. The number of halogens is 1. The maximum Gasteiger partial charge on any atom is 0.150 e. The van der Waals surface area contributed by atoms with E-state index in [1.54, 1.807) is 7.11 Å². The Balaban J connectivity index is 1.37. The van der Waals surface area contributed by atoms with Crippen molar-refractivity contribution >= 4 is 5.82 Å². The van der Waals surface area contributed by atoms with Gasteiger partial charge >= 0.3 is 0 Å². The van der Waals surface area contributed by atoms with Crippen molar-refractivity contribution in [3.05, 3.63) is 42.0 Å². The fourth-order valence-corrected chi connectivity index (χ4v) is 5.35. The second-order valence-corrected chi connectivity index (χ2v) is 10.4. The number of rotatable bonds is 10. The molecule has 1 aliphatic carbocycles. The van der Waals surface area contributed by atoms with Crippen molar-refractivity contribution in [1.29, 1.82) is 5.26 Å². The molecule has 0 bridgehead atoms. The Kier molecular flexibility index (Phi) is 9.24. The van der Waals surface area contributed by atoms with Gasteiger partial charge in [0.2, 0.25) is 0 Å². The van der Waals surface area contributed by atoms with E-state index in [4.69, 9.17) is 9.47 Å². The maximum absolute atomic E-state index is 14.8. The molecule has 36 heavy (non-hydrogen) atoms. The summed E-state index contributed by atoms with van der Waals surface area (Å²) in [7, 11) is 1.73. The summed E-state index contributed by atoms with van der Waals surface area (Å²) in [6, 6.07) is 10.7. The topological polar surface area (TPSA) is 92.1 Å². The lowest BCUT2D eigenvalue weighted by Crippen LogP contribution is -2.41. The minimum Gasteiger partial charge on any atom is -0.383 e. The molecule has 0 radical (unpaired) electrons. The molecular formula is C28H38FN5O2. The number of aromatic nitrogens is 2. The molecule has 2 N–H and O–H groups in total. The summed E-state index contributed by atoms with van der Waals surface area (Å²) in [5.41, 5.74) is 1.48. The normalized spacial score (nSPS) is 22.5. The first kappa shape index (κ1) is 26.5. The number of methoxy groups -OCH3 is 1. The quantitative estimate of drug-likeness (QED) is 0.492. The summed E-state index contributed by atoms with van der Waals surface area (Å²) in [4.78, 5) is 9.05. The average molecular weight is 496 g/mol. The van der Waals surface area contributed by atoms with Crippen molar-refractivity contribution in [2.75, 3.05) is 38.8 Å². The Morgan fingerprint density at radius 2 is 2.03 bits per heavy atom. The Morgan fingerprint density at radius 1 is 1.25 bits per heavy atom. The first-order valence-electron chi connectivity index (χ1n) is 13.1. The molecule has 3 heterocycles. The highest BCUT2D eigenvalue weighted by Gasteiger charge is 2.32. The Morgan fingerprint density at radius 3 is 2.75 bits per heavy atom. The molecule has 1 saturated heterocycles. The zero-order valence-corrected chi connectivity index (χ0v) is 21.4. The third-order valence-corrected chi connectivity index (χ3v) is 7.51. The molecular weight excluding hydrogens is 457 g/mol. The number of nitrogens with zero attached hydrogens (tertiary/aromatic N) is 3. The molecule has 7 nitrogen and oxygen atoms in total. The predicted octanol–water partition coefficient (Wildman–Crippen LogP) is 4.74. The molecule has 1 unspecified atom stereocenters. The molecule has 1 atom stereocenters. The first-order chi connectivity index (χ1) is 17.5. The SMILES string of the molecule is COCC(C)NC1CCC(Cc2cc(-c3cccc(NCC4(C#N)CCOCC4)n3)c(F)cn2)CC1. The molecule has 2 fully saturated rings. The van der Waals surface area contributed by atoms with E-state index in [1.165, 1.54) is 6.20 Å². The van der Waals surface area contributed by atoms with Crippen LogP contribution in [-0.2, 0) is 15.9 Å². The molecule has 0 amide bonds. The monoisotopic (exact) mass is 495 g/mol. The van der Waals surface area contributed by atoms with Gasteiger partial charge < -0.3 is 20.1 Å². The van der Waals surface area contributed by atoms with Crippen LogP contribution in [0.2, 0.25) is 0 Å². The van der Waals surface area contributed by atoms with Gasteiger partial charge in [-0.1, -0.05) is 6.07 Å². The third kappa shape index (κ3) is 7.00. The van der Waals surface area contributed by atoms with Gasteiger partial charge in [-0.05, 0) is 76.0 Å². The van der Waals surface area contributed by atoms with Crippen molar-refractivity contribution in [2.45, 2.75) is 64.0 Å². The Labute approximate surface area is 213 Å². The summed E-state index contributed by atoms with van der Waals surface area (Å²) in [6.07, 6.45) is 8.10. The van der Waals surface area contributed by atoms with Crippen LogP contribution in [0.5, 0.6) is 0 Å². The van der Waals surface area contributed by atoms with Gasteiger partial charge in [0.25, 0.3) is 0 Å². The van der Waals surface area contributed by atoms with Crippen molar-refractivity contribution < 1.29 is 13.9 Å². The minimum absolute atomic E-state index is 0.359. The summed E-state index contributed by atoms with van der Waals surface area (Å²) < 4.78 is 25.4. The summed E-state index contributed by atoms with van der Waals surface area (Å²) >= 11 is 0. The van der Waals surface area contributed by atoms with E-state index in [0.717, 1.165) is 44.4 Å². The molecule has 4 rings (SSSR count). The van der Waals surface area contributed by atoms with Crippen molar-refractivity contribution in [1.82, 2.24) is 15.3 Å². The van der Waals surface area contributed by atoms with Crippen LogP contribution in [0, 0.1) is 28.5 Å². The van der Waals surface area contributed by atoms with E-state index >= 15 is 0 Å². The van der Waals surface area contributed by atoms with Crippen LogP contribution in [0.15, 0.2) is 30.5 Å². The second kappa shape index (κ2) is 12.6. The molecule has 0 spiro atoms. The van der Waals surface area contributed by atoms with E-state index in [1.807, 2.05) is 24.3 Å². The average Bonchev–Trinajstić information content (AvgIpc) is 2.90. The highest BCUT2D eigenvalue weighted by atomic mass is 19.1. The van der Waals surface area contributed by atoms with E-state index in [-0.39, 0.29) is 5.82 Å². The molecule has 2 aliphatic rings. The first-order valence-corrected chi connectivity index (χ1v) is 13.1. The molecule has 1 aliphatic heterocycles. The van der Waals surface area contributed by atoms with Crippen molar-refractivity contribution in [3.8, 4) is 17.3 Å². The minimum atomic E-state index is -0.457. The summed E-state index contributed by atoms with van der Waals surface area (Å²) in [6.45, 7) is 4.57. The standard InChI is InChI=1S/C28H38FN5O2/c1-20(17-35-2)33-22-8-6-21(7-9-22)14-23-15-24(25(29)16-31-23)26-4-3-5-27(34-26)32-19-28(18-30)10-12-36-13-11-28/h3-5,15-16,20-22,33H,6-14,17,19H2,1-2H3,(H,32,34). The number of pyridine rings is 2. The maximum atomic E-state index is 14.8. The van der Waals surface area contributed by atoms with E-state index < -0.39 is 5.41 Å². The van der Waals surface area contributed by atoms with Gasteiger partial charge in [-0.3, -0.25) is 4.98 Å². The van der Waals surface area contributed by atoms with Gasteiger partial charge in [-0.2, -0.15) is 5.26 Å². The molecule has 2 aromatic rings. The Bertz CT molecular complexity index is 1030. The van der Waals surface area contributed by atoms with Crippen LogP contribution < -0.4 is 10.6 Å². The van der Waals surface area contributed by atoms with Crippen LogP contribution in [0.1, 0.15) is 51.1 Å². The van der Waals surface area contributed by atoms with Crippen LogP contribution in [0.4, 0.5) is 10.2 Å². The summed E-state index contributed by atoms with van der Waals surface area (Å²) in [5.74, 6) is 0.815. The lowest BCUT2D eigenvalue weighted by molar-refractivity contribution is 0.0455. The number of ether oxygens (including phenoxy) is 2. The smallest absolute Gasteiger partial charge is 0.150 e. The van der Waals surface area contributed by atoms with E-state index in [2.05, 4.69) is 33.6 Å². The van der Waals surface area contributed by atoms with Crippen LogP contribution in [-0.4, -0.2) is 55.5 Å². The number of hydrogen-bond acceptors (Lipinski definition) is 7. The van der Waals surface area contributed by atoms with Crippen molar-refractivity contribution in [2.24, 2.45) is 11.3 Å². The zero-order valence-electron chi connectivity index (χ0n) is 21.4. The van der Waals surface area contributed by atoms with E-state index in [0.29, 0.717) is 67.7 Å². The zero-order chi connectivity index (χ0) is 25.4. The highest BCUT2D eigenvalue weighted by Crippen LogP contribution is 2.31. The Hall–Kier alpha value is -2.60. The highest BCUT2D eigenvalue weighted by molar-refractivity contribution is 5.62. The number of nitrogens with one attached hydrogen (secondary N) is 2. The fourth-order valence-electron chi connectivity index (χ4n) is 5.35. The van der Waals surface area contributed by atoms with Gasteiger partial charge in [0.1, 0.15) is 5.82 Å². The van der Waals surface area contributed by atoms with Crippen molar-refractivity contribution in [3.63, 3.8) is 0 Å². The molecule has 1 saturated carbocycles. The number of hydrogen-bond donors (Lipinski definition) is 2. The van der Waals surface area contributed by atoms with Gasteiger partial charge in [0.05, 0.1) is 30.0 Å². The number of nitriles is 1. The third-order valence-electron chi connectivity index (χ3n) is 7.51. The number of anilines is 1. The lowest BCUT2D eigenvalue weighted by Gasteiger charge is -2.31.